The summed E-state index contributed by atoms with van der Waals surface area (Å²) in [6, 6.07) is 18.1. The first-order valence-corrected chi connectivity index (χ1v) is 14.8. The summed E-state index contributed by atoms with van der Waals surface area (Å²) in [5.41, 5.74) is 2.06. The first-order chi connectivity index (χ1) is 20.7. The van der Waals surface area contributed by atoms with Gasteiger partial charge in [-0.1, -0.05) is 47.0 Å². The van der Waals surface area contributed by atoms with E-state index >= 15 is 0 Å². The second-order valence-electron chi connectivity index (χ2n) is 11.4. The zero-order valence-electron chi connectivity index (χ0n) is 22.9. The van der Waals surface area contributed by atoms with Gasteiger partial charge in [0.15, 0.2) is 11.5 Å². The van der Waals surface area contributed by atoms with Crippen molar-refractivity contribution < 1.29 is 29.0 Å². The van der Waals surface area contributed by atoms with Crippen molar-refractivity contribution in [1.29, 1.82) is 0 Å². The molecular weight excluding hydrogens is 591 g/mol. The SMILES string of the molecule is COc1cccc(C2C3=CCC4C(=O)N(c5ccc(Cl)cc5)C(=O)C4C3CC3C(=O)N(c4ccc(Cl)cc4)C(=O)C32)c1O. The van der Waals surface area contributed by atoms with Gasteiger partial charge in [0, 0.05) is 21.5 Å². The number of methoxy groups -OCH3 is 1. The second kappa shape index (κ2) is 10.2. The molecule has 218 valence electrons. The van der Waals surface area contributed by atoms with Crippen molar-refractivity contribution in [3.05, 3.63) is 94.0 Å². The maximum Gasteiger partial charge on any atom is 0.238 e. The maximum atomic E-state index is 14.2. The van der Waals surface area contributed by atoms with E-state index in [9.17, 15) is 24.3 Å². The van der Waals surface area contributed by atoms with Crippen LogP contribution in [0.3, 0.4) is 0 Å². The van der Waals surface area contributed by atoms with Crippen LogP contribution in [0.2, 0.25) is 10.0 Å². The summed E-state index contributed by atoms with van der Waals surface area (Å²) < 4.78 is 5.39. The Morgan fingerprint density at radius 1 is 0.721 bits per heavy atom. The fourth-order valence-electron chi connectivity index (χ4n) is 7.58. The molecular formula is C33H26Cl2N2O6. The number of carbonyl (C=O) groups is 4. The highest BCUT2D eigenvalue weighted by Gasteiger charge is 2.62. The smallest absolute Gasteiger partial charge is 0.238 e. The Morgan fingerprint density at radius 2 is 1.28 bits per heavy atom. The average molecular weight is 617 g/mol. The van der Waals surface area contributed by atoms with Crippen LogP contribution in [0.15, 0.2) is 78.4 Å². The van der Waals surface area contributed by atoms with Crippen LogP contribution in [-0.2, 0) is 19.2 Å². The van der Waals surface area contributed by atoms with E-state index in [1.54, 1.807) is 66.7 Å². The third-order valence-corrected chi connectivity index (χ3v) is 9.91. The molecule has 43 heavy (non-hydrogen) atoms. The minimum absolute atomic E-state index is 0.126. The Bertz CT molecular complexity index is 1720. The molecule has 2 aliphatic heterocycles. The molecule has 3 aromatic rings. The number of benzene rings is 3. The molecule has 8 nitrogen and oxygen atoms in total. The van der Waals surface area contributed by atoms with Crippen molar-refractivity contribution in [3.8, 4) is 11.5 Å². The minimum Gasteiger partial charge on any atom is -0.504 e. The van der Waals surface area contributed by atoms with Crippen LogP contribution < -0.4 is 14.5 Å². The van der Waals surface area contributed by atoms with Crippen molar-refractivity contribution in [2.75, 3.05) is 16.9 Å². The quantitative estimate of drug-likeness (QED) is 0.295. The topological polar surface area (TPSA) is 104 Å². The molecule has 0 radical (unpaired) electrons. The molecule has 3 fully saturated rings. The number of ether oxygens (including phenoxy) is 1. The van der Waals surface area contributed by atoms with Crippen LogP contribution in [0.1, 0.15) is 24.3 Å². The molecule has 0 aromatic heterocycles. The van der Waals surface area contributed by atoms with Gasteiger partial charge in [-0.2, -0.15) is 0 Å². The lowest BCUT2D eigenvalue weighted by molar-refractivity contribution is -0.126. The Labute approximate surface area is 257 Å². The van der Waals surface area contributed by atoms with Gasteiger partial charge < -0.3 is 9.84 Å². The monoisotopic (exact) mass is 616 g/mol. The van der Waals surface area contributed by atoms with E-state index in [0.717, 1.165) is 5.57 Å². The Morgan fingerprint density at radius 3 is 1.86 bits per heavy atom. The summed E-state index contributed by atoms with van der Waals surface area (Å²) in [6.45, 7) is 0. The molecule has 2 aliphatic carbocycles. The van der Waals surface area contributed by atoms with Crippen LogP contribution in [0.4, 0.5) is 11.4 Å². The van der Waals surface area contributed by atoms with Gasteiger partial charge in [-0.25, -0.2) is 0 Å². The molecule has 3 aromatic carbocycles. The molecule has 4 aliphatic rings. The zero-order valence-corrected chi connectivity index (χ0v) is 24.5. The highest BCUT2D eigenvalue weighted by Crippen LogP contribution is 2.59. The van der Waals surface area contributed by atoms with Gasteiger partial charge in [0.05, 0.1) is 42.2 Å². The summed E-state index contributed by atoms with van der Waals surface area (Å²) in [5.74, 6) is -5.41. The minimum atomic E-state index is -0.820. The molecule has 7 rings (SSSR count). The highest BCUT2D eigenvalue weighted by molar-refractivity contribution is 6.31. The zero-order chi connectivity index (χ0) is 30.2. The fraction of sp³-hybridized carbons (Fsp3) is 0.273. The number of nitrogens with zero attached hydrogens (tertiary/aromatic N) is 2. The number of allylic oxidation sites excluding steroid dienone is 2. The number of para-hydroxylation sites is 1. The molecule has 0 bridgehead atoms. The van der Waals surface area contributed by atoms with E-state index in [-0.39, 0.29) is 41.5 Å². The van der Waals surface area contributed by atoms with Crippen LogP contribution in [-0.4, -0.2) is 35.8 Å². The molecule has 0 spiro atoms. The fourth-order valence-corrected chi connectivity index (χ4v) is 7.83. The Hall–Kier alpha value is -4.14. The standard InChI is InChI=1S/C33H26Cl2N2O6/c1-43-25-4-2-3-21(29(25)38)26-20-13-14-22-27(32(41)36(30(22)39)18-9-5-16(34)6-10-18)23(20)15-24-28(26)33(42)37(31(24)40)19-11-7-17(35)8-12-19/h2-13,22-24,26-28,38H,14-15H2,1H3. The van der Waals surface area contributed by atoms with Gasteiger partial charge in [-0.05, 0) is 73.4 Å². The predicted molar refractivity (Wildman–Crippen MR) is 160 cm³/mol. The largest absolute Gasteiger partial charge is 0.504 e. The van der Waals surface area contributed by atoms with Crippen molar-refractivity contribution in [2.24, 2.45) is 29.6 Å². The number of aromatic hydroxyl groups is 1. The van der Waals surface area contributed by atoms with Gasteiger partial charge in [0.25, 0.3) is 0 Å². The second-order valence-corrected chi connectivity index (χ2v) is 12.3. The summed E-state index contributed by atoms with van der Waals surface area (Å²) in [6.07, 6.45) is 2.46. The number of rotatable bonds is 4. The highest BCUT2D eigenvalue weighted by atomic mass is 35.5. The summed E-state index contributed by atoms with van der Waals surface area (Å²) in [7, 11) is 1.44. The summed E-state index contributed by atoms with van der Waals surface area (Å²) >= 11 is 12.1. The van der Waals surface area contributed by atoms with Crippen molar-refractivity contribution in [3.63, 3.8) is 0 Å². The van der Waals surface area contributed by atoms with Crippen LogP contribution in [0, 0.1) is 29.6 Å². The van der Waals surface area contributed by atoms with Crippen LogP contribution in [0.5, 0.6) is 11.5 Å². The normalized spacial score (nSPS) is 28.0. The maximum absolute atomic E-state index is 14.2. The number of phenolic OH excluding ortho intramolecular Hbond substituents is 1. The lowest BCUT2D eigenvalue weighted by atomic mass is 9.57. The third-order valence-electron chi connectivity index (χ3n) is 9.40. The number of anilines is 2. The molecule has 6 atom stereocenters. The summed E-state index contributed by atoms with van der Waals surface area (Å²) in [4.78, 5) is 58.3. The number of hydrogen-bond acceptors (Lipinski definition) is 6. The summed E-state index contributed by atoms with van der Waals surface area (Å²) in [5, 5.41) is 12.2. The lowest BCUT2D eigenvalue weighted by Gasteiger charge is -2.44. The molecule has 2 saturated heterocycles. The number of imide groups is 2. The Balaban J connectivity index is 1.35. The van der Waals surface area contributed by atoms with Crippen LogP contribution >= 0.6 is 23.2 Å². The number of phenols is 1. The molecule has 6 unspecified atom stereocenters. The van der Waals surface area contributed by atoms with E-state index in [1.807, 2.05) is 6.08 Å². The molecule has 2 heterocycles. The third kappa shape index (κ3) is 4.11. The first-order valence-electron chi connectivity index (χ1n) is 14.0. The number of fused-ring (bicyclic) bond motifs is 4. The van der Waals surface area contributed by atoms with Crippen LogP contribution in [0.25, 0.3) is 0 Å². The number of halogens is 2. The molecule has 10 heteroatoms. The number of hydrogen-bond donors (Lipinski definition) is 1. The van der Waals surface area contributed by atoms with Gasteiger partial charge in [0.1, 0.15) is 0 Å². The number of amides is 4. The van der Waals surface area contributed by atoms with E-state index in [1.165, 1.54) is 16.9 Å². The van der Waals surface area contributed by atoms with Gasteiger partial charge in [0.2, 0.25) is 23.6 Å². The van der Waals surface area contributed by atoms with E-state index in [4.69, 9.17) is 27.9 Å². The van der Waals surface area contributed by atoms with Gasteiger partial charge in [-0.15, -0.1) is 0 Å². The van der Waals surface area contributed by atoms with E-state index in [2.05, 4.69) is 0 Å². The molecule has 1 N–H and O–H groups in total. The Kier molecular flexibility index (Phi) is 6.59. The predicted octanol–water partition coefficient (Wildman–Crippen LogP) is 5.75. The number of carbonyl (C=O) groups excluding carboxylic acids is 4. The van der Waals surface area contributed by atoms with Crippen molar-refractivity contribution in [2.45, 2.75) is 18.8 Å². The van der Waals surface area contributed by atoms with Gasteiger partial charge in [-0.3, -0.25) is 29.0 Å². The first kappa shape index (κ1) is 27.7. The van der Waals surface area contributed by atoms with Gasteiger partial charge >= 0.3 is 0 Å². The average Bonchev–Trinajstić information content (AvgIpc) is 3.41. The van der Waals surface area contributed by atoms with E-state index in [0.29, 0.717) is 33.4 Å². The van der Waals surface area contributed by atoms with Crippen molar-refractivity contribution in [1.82, 2.24) is 0 Å². The van der Waals surface area contributed by atoms with E-state index < -0.39 is 35.5 Å². The molecule has 4 amide bonds. The van der Waals surface area contributed by atoms with Crippen molar-refractivity contribution >= 4 is 58.2 Å². The lowest BCUT2D eigenvalue weighted by Crippen LogP contribution is -2.43. The molecule has 1 saturated carbocycles.